The minimum absolute atomic E-state index is 0.0273. The average Bonchev–Trinajstić information content (AvgIpc) is 2.97. The Balaban J connectivity index is 1.76. The van der Waals surface area contributed by atoms with E-state index in [2.05, 4.69) is 22.5 Å². The van der Waals surface area contributed by atoms with Crippen LogP contribution >= 0.6 is 22.9 Å². The van der Waals surface area contributed by atoms with Crippen molar-refractivity contribution >= 4 is 22.9 Å². The zero-order valence-corrected chi connectivity index (χ0v) is 12.9. The van der Waals surface area contributed by atoms with Gasteiger partial charge in [-0.05, 0) is 17.7 Å². The fourth-order valence-corrected chi connectivity index (χ4v) is 3.22. The lowest BCUT2D eigenvalue weighted by Gasteiger charge is -2.09. The summed E-state index contributed by atoms with van der Waals surface area (Å²) in [6.07, 6.45) is 0.737. The Bertz CT molecular complexity index is 724. The standard InChI is InChI=1S/C17H15ClN2S/c18-14-8-4-7-13(9-14)17-20-15(11-21-17)10-16(19)12-5-2-1-3-6-12/h1-9,11,16H,10,19H2. The summed E-state index contributed by atoms with van der Waals surface area (Å²) < 4.78 is 0. The highest BCUT2D eigenvalue weighted by Gasteiger charge is 2.10. The Hall–Kier alpha value is -1.68. The van der Waals surface area contributed by atoms with Crippen LogP contribution in [0.2, 0.25) is 5.02 Å². The van der Waals surface area contributed by atoms with E-state index < -0.39 is 0 Å². The first kappa shape index (κ1) is 14.3. The Kier molecular flexibility index (Phi) is 4.34. The molecule has 1 atom stereocenters. The van der Waals surface area contributed by atoms with Crippen molar-refractivity contribution in [3.05, 3.63) is 76.3 Å². The van der Waals surface area contributed by atoms with E-state index in [4.69, 9.17) is 17.3 Å². The Labute approximate surface area is 133 Å². The van der Waals surface area contributed by atoms with Crippen LogP contribution in [0.3, 0.4) is 0 Å². The smallest absolute Gasteiger partial charge is 0.123 e. The van der Waals surface area contributed by atoms with Crippen molar-refractivity contribution in [3.63, 3.8) is 0 Å². The molecule has 0 spiro atoms. The van der Waals surface area contributed by atoms with Crippen LogP contribution in [0.5, 0.6) is 0 Å². The Morgan fingerprint density at radius 1 is 1.10 bits per heavy atom. The highest BCUT2D eigenvalue weighted by atomic mass is 35.5. The molecule has 0 aliphatic rings. The van der Waals surface area contributed by atoms with Gasteiger partial charge < -0.3 is 5.73 Å². The van der Waals surface area contributed by atoms with Gasteiger partial charge in [-0.15, -0.1) is 11.3 Å². The molecule has 0 saturated carbocycles. The molecule has 0 saturated heterocycles. The molecule has 0 amide bonds. The van der Waals surface area contributed by atoms with E-state index in [1.807, 2.05) is 42.5 Å². The van der Waals surface area contributed by atoms with Gasteiger partial charge >= 0.3 is 0 Å². The fourth-order valence-electron chi connectivity index (χ4n) is 2.20. The number of hydrogen-bond donors (Lipinski definition) is 1. The minimum atomic E-state index is -0.0273. The number of hydrogen-bond acceptors (Lipinski definition) is 3. The first-order valence-electron chi connectivity index (χ1n) is 6.73. The van der Waals surface area contributed by atoms with Crippen molar-refractivity contribution in [2.45, 2.75) is 12.5 Å². The highest BCUT2D eigenvalue weighted by Crippen LogP contribution is 2.27. The molecule has 0 radical (unpaired) electrons. The van der Waals surface area contributed by atoms with Gasteiger partial charge in [-0.1, -0.05) is 54.1 Å². The Morgan fingerprint density at radius 2 is 1.90 bits per heavy atom. The second-order valence-corrected chi connectivity index (χ2v) is 6.17. The SMILES string of the molecule is NC(Cc1csc(-c2cccc(Cl)c2)n1)c1ccccc1. The van der Waals surface area contributed by atoms with Crippen LogP contribution in [0.4, 0.5) is 0 Å². The van der Waals surface area contributed by atoms with Crippen LogP contribution in [-0.2, 0) is 6.42 Å². The number of nitrogens with zero attached hydrogens (tertiary/aromatic N) is 1. The summed E-state index contributed by atoms with van der Waals surface area (Å²) in [6.45, 7) is 0. The summed E-state index contributed by atoms with van der Waals surface area (Å²) in [7, 11) is 0. The predicted octanol–water partition coefficient (Wildman–Crippen LogP) is 4.71. The highest BCUT2D eigenvalue weighted by molar-refractivity contribution is 7.13. The van der Waals surface area contributed by atoms with E-state index in [0.29, 0.717) is 0 Å². The molecule has 0 bridgehead atoms. The number of rotatable bonds is 4. The van der Waals surface area contributed by atoms with Crippen molar-refractivity contribution < 1.29 is 0 Å². The maximum absolute atomic E-state index is 6.24. The second-order valence-electron chi connectivity index (χ2n) is 4.88. The van der Waals surface area contributed by atoms with Crippen LogP contribution in [0.1, 0.15) is 17.3 Å². The topological polar surface area (TPSA) is 38.9 Å². The first-order valence-corrected chi connectivity index (χ1v) is 7.99. The van der Waals surface area contributed by atoms with E-state index in [0.717, 1.165) is 33.3 Å². The van der Waals surface area contributed by atoms with Crippen molar-refractivity contribution in [2.24, 2.45) is 5.73 Å². The quantitative estimate of drug-likeness (QED) is 0.757. The van der Waals surface area contributed by atoms with Gasteiger partial charge in [0, 0.05) is 28.4 Å². The van der Waals surface area contributed by atoms with E-state index in [1.54, 1.807) is 11.3 Å². The van der Waals surface area contributed by atoms with Gasteiger partial charge in [0.05, 0.1) is 5.69 Å². The second kappa shape index (κ2) is 6.39. The van der Waals surface area contributed by atoms with Gasteiger partial charge in [-0.3, -0.25) is 0 Å². The molecule has 106 valence electrons. The summed E-state index contributed by atoms with van der Waals surface area (Å²) in [5.74, 6) is 0. The molecular formula is C17H15ClN2S. The van der Waals surface area contributed by atoms with Crippen molar-refractivity contribution in [1.82, 2.24) is 4.98 Å². The van der Waals surface area contributed by atoms with Gasteiger partial charge in [-0.25, -0.2) is 4.98 Å². The zero-order chi connectivity index (χ0) is 14.7. The molecule has 0 aliphatic carbocycles. The van der Waals surface area contributed by atoms with E-state index >= 15 is 0 Å². The number of thiazole rings is 1. The largest absolute Gasteiger partial charge is 0.324 e. The van der Waals surface area contributed by atoms with Crippen LogP contribution < -0.4 is 5.73 Å². The molecule has 0 aliphatic heterocycles. The third-order valence-corrected chi connectivity index (χ3v) is 4.46. The first-order chi connectivity index (χ1) is 10.2. The number of aromatic nitrogens is 1. The third kappa shape index (κ3) is 3.50. The van der Waals surface area contributed by atoms with Crippen LogP contribution in [0, 0.1) is 0 Å². The minimum Gasteiger partial charge on any atom is -0.324 e. The molecule has 1 aromatic heterocycles. The van der Waals surface area contributed by atoms with Gasteiger partial charge in [0.15, 0.2) is 0 Å². The van der Waals surface area contributed by atoms with E-state index in [-0.39, 0.29) is 6.04 Å². The molecule has 2 aromatic carbocycles. The molecular weight excluding hydrogens is 300 g/mol. The fraction of sp³-hybridized carbons (Fsp3) is 0.118. The average molecular weight is 315 g/mol. The molecule has 3 aromatic rings. The van der Waals surface area contributed by atoms with Crippen LogP contribution in [0.15, 0.2) is 60.0 Å². The maximum Gasteiger partial charge on any atom is 0.123 e. The molecule has 1 unspecified atom stereocenters. The third-order valence-electron chi connectivity index (χ3n) is 3.28. The van der Waals surface area contributed by atoms with Gasteiger partial charge in [0.2, 0.25) is 0 Å². The molecule has 2 nitrogen and oxygen atoms in total. The van der Waals surface area contributed by atoms with E-state index in [9.17, 15) is 0 Å². The Morgan fingerprint density at radius 3 is 2.67 bits per heavy atom. The van der Waals surface area contributed by atoms with Crippen molar-refractivity contribution in [1.29, 1.82) is 0 Å². The summed E-state index contributed by atoms with van der Waals surface area (Å²) in [5.41, 5.74) is 9.44. The lowest BCUT2D eigenvalue weighted by Crippen LogP contribution is -2.13. The summed E-state index contributed by atoms with van der Waals surface area (Å²) in [4.78, 5) is 4.67. The molecule has 4 heteroatoms. The summed E-state index contributed by atoms with van der Waals surface area (Å²) >= 11 is 7.65. The lowest BCUT2D eigenvalue weighted by molar-refractivity contribution is 0.710. The van der Waals surface area contributed by atoms with Gasteiger partial charge in [0.1, 0.15) is 5.01 Å². The number of benzene rings is 2. The molecule has 0 fully saturated rings. The monoisotopic (exact) mass is 314 g/mol. The lowest BCUT2D eigenvalue weighted by atomic mass is 10.0. The van der Waals surface area contributed by atoms with E-state index in [1.165, 1.54) is 0 Å². The van der Waals surface area contributed by atoms with Gasteiger partial charge in [0.25, 0.3) is 0 Å². The van der Waals surface area contributed by atoms with Crippen LogP contribution in [-0.4, -0.2) is 4.98 Å². The molecule has 1 heterocycles. The summed E-state index contributed by atoms with van der Waals surface area (Å²) in [5, 5.41) is 3.77. The maximum atomic E-state index is 6.24. The predicted molar refractivity (Wildman–Crippen MR) is 89.6 cm³/mol. The zero-order valence-electron chi connectivity index (χ0n) is 11.4. The van der Waals surface area contributed by atoms with Crippen LogP contribution in [0.25, 0.3) is 10.6 Å². The van der Waals surface area contributed by atoms with Gasteiger partial charge in [-0.2, -0.15) is 0 Å². The number of halogens is 1. The summed E-state index contributed by atoms with van der Waals surface area (Å²) in [6, 6.07) is 17.8. The normalized spacial score (nSPS) is 12.3. The van der Waals surface area contributed by atoms with Crippen molar-refractivity contribution in [3.8, 4) is 10.6 Å². The van der Waals surface area contributed by atoms with Crippen molar-refractivity contribution in [2.75, 3.05) is 0 Å². The molecule has 3 rings (SSSR count). The molecule has 21 heavy (non-hydrogen) atoms. The number of nitrogens with two attached hydrogens (primary N) is 1. The molecule has 2 N–H and O–H groups in total.